The maximum Gasteiger partial charge on any atom is 0.229 e. The summed E-state index contributed by atoms with van der Waals surface area (Å²) in [4.78, 5) is 19.0. The largest absolute Gasteiger partial charge is 0.338 e. The second-order valence-corrected chi connectivity index (χ2v) is 5.56. The molecule has 1 aliphatic rings. The number of hydrogen-bond acceptors (Lipinski definition) is 3. The van der Waals surface area contributed by atoms with Gasteiger partial charge in [-0.2, -0.15) is 0 Å². The minimum atomic E-state index is -0.158. The van der Waals surface area contributed by atoms with Crippen molar-refractivity contribution in [1.82, 2.24) is 15.2 Å². The molecule has 2 rings (SSSR count). The lowest BCUT2D eigenvalue weighted by Gasteiger charge is -2.39. The van der Waals surface area contributed by atoms with E-state index in [2.05, 4.69) is 24.1 Å². The number of nitrogens with zero attached hydrogens (tertiary/aromatic N) is 2. The lowest BCUT2D eigenvalue weighted by molar-refractivity contribution is -0.144. The van der Waals surface area contributed by atoms with Crippen LogP contribution in [0.2, 0.25) is 0 Å². The average molecular weight is 275 g/mol. The molecule has 20 heavy (non-hydrogen) atoms. The van der Waals surface area contributed by atoms with Gasteiger partial charge in [-0.15, -0.1) is 0 Å². The zero-order chi connectivity index (χ0) is 14.4. The summed E-state index contributed by atoms with van der Waals surface area (Å²) in [5, 5.41) is 3.36. The topological polar surface area (TPSA) is 45.2 Å². The van der Waals surface area contributed by atoms with Crippen LogP contribution in [0.1, 0.15) is 38.7 Å². The van der Waals surface area contributed by atoms with Crippen molar-refractivity contribution in [3.8, 4) is 0 Å². The van der Waals surface area contributed by atoms with Crippen LogP contribution in [0.4, 0.5) is 0 Å². The Balaban J connectivity index is 2.11. The molecule has 1 aliphatic heterocycles. The van der Waals surface area contributed by atoms with Crippen molar-refractivity contribution in [3.05, 3.63) is 30.1 Å². The van der Waals surface area contributed by atoms with Crippen LogP contribution in [0, 0.1) is 5.41 Å². The SMILES string of the molecule is CCN(Cc1ccncc1)C(=O)C1(CC)CCNCC1. The zero-order valence-electron chi connectivity index (χ0n) is 12.6. The highest BCUT2D eigenvalue weighted by Gasteiger charge is 2.39. The molecule has 4 heteroatoms. The predicted molar refractivity (Wildman–Crippen MR) is 80.2 cm³/mol. The number of hydrogen-bond donors (Lipinski definition) is 1. The molecule has 1 fully saturated rings. The van der Waals surface area contributed by atoms with Gasteiger partial charge in [0.1, 0.15) is 0 Å². The van der Waals surface area contributed by atoms with E-state index < -0.39 is 0 Å². The van der Waals surface area contributed by atoms with E-state index in [4.69, 9.17) is 0 Å². The first-order valence-electron chi connectivity index (χ1n) is 7.61. The Hall–Kier alpha value is -1.42. The average Bonchev–Trinajstić information content (AvgIpc) is 2.53. The van der Waals surface area contributed by atoms with E-state index in [1.807, 2.05) is 17.0 Å². The van der Waals surface area contributed by atoms with Gasteiger partial charge in [-0.3, -0.25) is 9.78 Å². The molecule has 0 saturated carbocycles. The van der Waals surface area contributed by atoms with Gasteiger partial charge >= 0.3 is 0 Å². The van der Waals surface area contributed by atoms with Gasteiger partial charge in [0, 0.05) is 25.5 Å². The molecule has 0 atom stereocenters. The Kier molecular flexibility index (Phi) is 5.12. The molecule has 0 radical (unpaired) electrons. The molecule has 1 N–H and O–H groups in total. The van der Waals surface area contributed by atoms with E-state index in [9.17, 15) is 4.79 Å². The van der Waals surface area contributed by atoms with Crippen molar-refractivity contribution in [3.63, 3.8) is 0 Å². The van der Waals surface area contributed by atoms with Crippen molar-refractivity contribution >= 4 is 5.91 Å². The fourth-order valence-electron chi connectivity index (χ4n) is 3.00. The summed E-state index contributed by atoms with van der Waals surface area (Å²) in [5.41, 5.74) is 0.990. The van der Waals surface area contributed by atoms with Crippen LogP contribution in [-0.4, -0.2) is 35.4 Å². The summed E-state index contributed by atoms with van der Waals surface area (Å²) in [6, 6.07) is 3.97. The quantitative estimate of drug-likeness (QED) is 0.896. The molecule has 1 saturated heterocycles. The second kappa shape index (κ2) is 6.84. The van der Waals surface area contributed by atoms with Gasteiger partial charge < -0.3 is 10.2 Å². The van der Waals surface area contributed by atoms with Crippen molar-refractivity contribution in [2.45, 2.75) is 39.7 Å². The molecular formula is C16H25N3O. The van der Waals surface area contributed by atoms with Crippen molar-refractivity contribution < 1.29 is 4.79 Å². The third-order valence-electron chi connectivity index (χ3n) is 4.48. The molecule has 0 aliphatic carbocycles. The van der Waals surface area contributed by atoms with E-state index in [0.717, 1.165) is 44.5 Å². The first-order valence-corrected chi connectivity index (χ1v) is 7.61. The van der Waals surface area contributed by atoms with E-state index in [1.54, 1.807) is 12.4 Å². The zero-order valence-corrected chi connectivity index (χ0v) is 12.6. The normalized spacial score (nSPS) is 17.7. The van der Waals surface area contributed by atoms with Crippen LogP contribution >= 0.6 is 0 Å². The van der Waals surface area contributed by atoms with Gasteiger partial charge in [0.05, 0.1) is 5.41 Å². The summed E-state index contributed by atoms with van der Waals surface area (Å²) in [6.45, 7) is 7.55. The number of carbonyl (C=O) groups is 1. The number of piperidine rings is 1. The summed E-state index contributed by atoms with van der Waals surface area (Å²) in [6.07, 6.45) is 6.41. The number of aromatic nitrogens is 1. The van der Waals surface area contributed by atoms with Crippen LogP contribution in [0.3, 0.4) is 0 Å². The third kappa shape index (κ3) is 3.18. The first kappa shape index (κ1) is 15.0. The van der Waals surface area contributed by atoms with E-state index in [0.29, 0.717) is 12.5 Å². The van der Waals surface area contributed by atoms with Crippen molar-refractivity contribution in [1.29, 1.82) is 0 Å². The monoisotopic (exact) mass is 275 g/mol. The Labute approximate surface area is 121 Å². The fourth-order valence-corrected chi connectivity index (χ4v) is 3.00. The smallest absolute Gasteiger partial charge is 0.229 e. The number of nitrogens with one attached hydrogen (secondary N) is 1. The van der Waals surface area contributed by atoms with Crippen molar-refractivity contribution in [2.75, 3.05) is 19.6 Å². The second-order valence-electron chi connectivity index (χ2n) is 5.56. The Morgan fingerprint density at radius 2 is 1.95 bits per heavy atom. The minimum absolute atomic E-state index is 0.158. The Morgan fingerprint density at radius 3 is 2.50 bits per heavy atom. The van der Waals surface area contributed by atoms with E-state index in [1.165, 1.54) is 0 Å². The first-order chi connectivity index (χ1) is 9.72. The van der Waals surface area contributed by atoms with Crippen LogP contribution < -0.4 is 5.32 Å². The summed E-state index contributed by atoms with van der Waals surface area (Å²) < 4.78 is 0. The van der Waals surface area contributed by atoms with Crippen LogP contribution in [0.25, 0.3) is 0 Å². The molecule has 0 unspecified atom stereocenters. The highest BCUT2D eigenvalue weighted by atomic mass is 16.2. The molecule has 0 spiro atoms. The highest BCUT2D eigenvalue weighted by molar-refractivity contribution is 5.82. The molecule has 1 aromatic heterocycles. The lowest BCUT2D eigenvalue weighted by atomic mass is 9.75. The molecule has 0 bridgehead atoms. The Bertz CT molecular complexity index is 427. The van der Waals surface area contributed by atoms with Gasteiger partial charge in [0.2, 0.25) is 5.91 Å². The predicted octanol–water partition coefficient (Wildman–Crippen LogP) is 2.21. The number of rotatable bonds is 5. The Morgan fingerprint density at radius 1 is 1.30 bits per heavy atom. The van der Waals surface area contributed by atoms with Crippen LogP contribution in [0.5, 0.6) is 0 Å². The van der Waals surface area contributed by atoms with Gasteiger partial charge in [-0.05, 0) is 57.0 Å². The molecular weight excluding hydrogens is 250 g/mol. The molecule has 1 aromatic rings. The highest BCUT2D eigenvalue weighted by Crippen LogP contribution is 2.35. The molecule has 2 heterocycles. The van der Waals surface area contributed by atoms with E-state index in [-0.39, 0.29) is 5.41 Å². The number of carbonyl (C=O) groups excluding carboxylic acids is 1. The maximum absolute atomic E-state index is 13.0. The fraction of sp³-hybridized carbons (Fsp3) is 0.625. The van der Waals surface area contributed by atoms with Crippen molar-refractivity contribution in [2.24, 2.45) is 5.41 Å². The number of pyridine rings is 1. The van der Waals surface area contributed by atoms with E-state index >= 15 is 0 Å². The van der Waals surface area contributed by atoms with Gasteiger partial charge in [0.15, 0.2) is 0 Å². The summed E-state index contributed by atoms with van der Waals surface area (Å²) in [7, 11) is 0. The summed E-state index contributed by atoms with van der Waals surface area (Å²) in [5.74, 6) is 0.320. The minimum Gasteiger partial charge on any atom is -0.338 e. The van der Waals surface area contributed by atoms with Gasteiger partial charge in [-0.1, -0.05) is 6.92 Å². The standard InChI is InChI=1S/C16H25N3O/c1-3-16(7-11-18-12-8-16)15(20)19(4-2)13-14-5-9-17-10-6-14/h5-6,9-10,18H,3-4,7-8,11-13H2,1-2H3. The molecule has 4 nitrogen and oxygen atoms in total. The van der Waals surface area contributed by atoms with Gasteiger partial charge in [0.25, 0.3) is 0 Å². The van der Waals surface area contributed by atoms with Gasteiger partial charge in [-0.25, -0.2) is 0 Å². The van der Waals surface area contributed by atoms with Crippen LogP contribution in [-0.2, 0) is 11.3 Å². The number of amides is 1. The third-order valence-corrected chi connectivity index (χ3v) is 4.48. The summed E-state index contributed by atoms with van der Waals surface area (Å²) >= 11 is 0. The molecule has 1 amide bonds. The lowest BCUT2D eigenvalue weighted by Crippen LogP contribution is -2.48. The van der Waals surface area contributed by atoms with Crippen LogP contribution in [0.15, 0.2) is 24.5 Å². The molecule has 110 valence electrons. The molecule has 0 aromatic carbocycles. The maximum atomic E-state index is 13.0.